The van der Waals surface area contributed by atoms with Gasteiger partial charge in [-0.3, -0.25) is 4.79 Å². The van der Waals surface area contributed by atoms with Gasteiger partial charge < -0.3 is 10.5 Å². The average Bonchev–Trinajstić information content (AvgIpc) is 2.28. The van der Waals surface area contributed by atoms with E-state index < -0.39 is 5.54 Å². The summed E-state index contributed by atoms with van der Waals surface area (Å²) in [6, 6.07) is 0. The molecule has 0 spiro atoms. The predicted octanol–water partition coefficient (Wildman–Crippen LogP) is 2.87. The van der Waals surface area contributed by atoms with Gasteiger partial charge in [-0.1, -0.05) is 20.8 Å². The van der Waals surface area contributed by atoms with Crippen molar-refractivity contribution < 1.29 is 9.53 Å². The fraction of sp³-hybridized carbons (Fsp3) is 0.929. The molecule has 0 radical (unpaired) electrons. The van der Waals surface area contributed by atoms with E-state index in [0.717, 1.165) is 38.5 Å². The zero-order chi connectivity index (χ0) is 12.9. The van der Waals surface area contributed by atoms with Crippen LogP contribution in [0.5, 0.6) is 0 Å². The molecular formula is C14H27NO2. The molecule has 17 heavy (non-hydrogen) atoms. The van der Waals surface area contributed by atoms with E-state index in [2.05, 4.69) is 20.8 Å². The van der Waals surface area contributed by atoms with Crippen LogP contribution in [0.2, 0.25) is 0 Å². The van der Waals surface area contributed by atoms with E-state index in [9.17, 15) is 4.79 Å². The van der Waals surface area contributed by atoms with Gasteiger partial charge in [-0.05, 0) is 50.4 Å². The zero-order valence-electron chi connectivity index (χ0n) is 11.5. The molecule has 0 aromatic heterocycles. The van der Waals surface area contributed by atoms with Gasteiger partial charge in [0.1, 0.15) is 5.54 Å². The Bertz CT molecular complexity index is 243. The summed E-state index contributed by atoms with van der Waals surface area (Å²) in [6.07, 6.45) is 5.67. The molecule has 0 bridgehead atoms. The van der Waals surface area contributed by atoms with E-state index in [1.807, 2.05) is 0 Å². The Morgan fingerprint density at radius 3 is 2.53 bits per heavy atom. The fourth-order valence-corrected chi connectivity index (χ4v) is 2.28. The van der Waals surface area contributed by atoms with Crippen LogP contribution in [0.15, 0.2) is 0 Å². The fourth-order valence-electron chi connectivity index (χ4n) is 2.28. The maximum atomic E-state index is 11.9. The van der Waals surface area contributed by atoms with Gasteiger partial charge >= 0.3 is 5.97 Å². The predicted molar refractivity (Wildman–Crippen MR) is 69.6 cm³/mol. The summed E-state index contributed by atoms with van der Waals surface area (Å²) >= 11 is 0. The zero-order valence-corrected chi connectivity index (χ0v) is 11.5. The van der Waals surface area contributed by atoms with Gasteiger partial charge in [0.2, 0.25) is 0 Å². The summed E-state index contributed by atoms with van der Waals surface area (Å²) in [6.45, 7) is 7.09. The molecule has 3 nitrogen and oxygen atoms in total. The van der Waals surface area contributed by atoms with Crippen molar-refractivity contribution in [3.63, 3.8) is 0 Å². The lowest BCUT2D eigenvalue weighted by Crippen LogP contribution is -2.51. The summed E-state index contributed by atoms with van der Waals surface area (Å²) in [7, 11) is 0. The van der Waals surface area contributed by atoms with Crippen molar-refractivity contribution in [1.29, 1.82) is 0 Å². The van der Waals surface area contributed by atoms with Gasteiger partial charge in [0.25, 0.3) is 0 Å². The van der Waals surface area contributed by atoms with Crippen LogP contribution in [0.25, 0.3) is 0 Å². The Hall–Kier alpha value is -0.570. The van der Waals surface area contributed by atoms with Crippen LogP contribution in [0.3, 0.4) is 0 Å². The highest BCUT2D eigenvalue weighted by molar-refractivity contribution is 5.80. The van der Waals surface area contributed by atoms with E-state index in [0.29, 0.717) is 18.4 Å². The van der Waals surface area contributed by atoms with Crippen LogP contribution in [-0.2, 0) is 9.53 Å². The summed E-state index contributed by atoms with van der Waals surface area (Å²) in [5.74, 6) is 1.17. The second-order valence-electron chi connectivity index (χ2n) is 6.01. The van der Waals surface area contributed by atoms with E-state index in [4.69, 9.17) is 10.5 Å². The monoisotopic (exact) mass is 241 g/mol. The molecule has 1 rings (SSSR count). The van der Waals surface area contributed by atoms with E-state index in [1.165, 1.54) is 0 Å². The van der Waals surface area contributed by atoms with Crippen LogP contribution < -0.4 is 5.73 Å². The number of carbonyl (C=O) groups is 1. The Morgan fingerprint density at radius 1 is 1.41 bits per heavy atom. The summed E-state index contributed by atoms with van der Waals surface area (Å²) in [4.78, 5) is 11.9. The standard InChI is InChI=1S/C14H27NO2/c1-11(2)5-4-10-17-13(16)14(15)8-6-12(3)7-9-14/h11-12H,4-10,15H2,1-3H3. The van der Waals surface area contributed by atoms with E-state index in [1.54, 1.807) is 0 Å². The van der Waals surface area contributed by atoms with E-state index in [-0.39, 0.29) is 5.97 Å². The number of ether oxygens (including phenoxy) is 1. The van der Waals surface area contributed by atoms with Crippen molar-refractivity contribution in [3.05, 3.63) is 0 Å². The highest BCUT2D eigenvalue weighted by Crippen LogP contribution is 2.30. The molecule has 0 aromatic carbocycles. The summed E-state index contributed by atoms with van der Waals surface area (Å²) < 4.78 is 5.31. The molecule has 100 valence electrons. The van der Waals surface area contributed by atoms with Crippen molar-refractivity contribution in [2.45, 2.75) is 64.8 Å². The van der Waals surface area contributed by atoms with Crippen LogP contribution in [-0.4, -0.2) is 18.1 Å². The molecule has 2 N–H and O–H groups in total. The van der Waals surface area contributed by atoms with Crippen molar-refractivity contribution >= 4 is 5.97 Å². The van der Waals surface area contributed by atoms with Gasteiger partial charge in [0, 0.05) is 0 Å². The Balaban J connectivity index is 2.27. The Kier molecular flexibility index (Phi) is 5.44. The molecule has 0 aliphatic heterocycles. The minimum absolute atomic E-state index is 0.187. The van der Waals surface area contributed by atoms with E-state index >= 15 is 0 Å². The first-order chi connectivity index (χ1) is 7.94. The molecule has 1 fully saturated rings. The first kappa shape index (κ1) is 14.5. The molecular weight excluding hydrogens is 214 g/mol. The van der Waals surface area contributed by atoms with Crippen LogP contribution in [0, 0.1) is 11.8 Å². The molecule has 1 aliphatic carbocycles. The highest BCUT2D eigenvalue weighted by atomic mass is 16.5. The SMILES string of the molecule is CC(C)CCCOC(=O)C1(N)CCC(C)CC1. The molecule has 1 saturated carbocycles. The van der Waals surface area contributed by atoms with Crippen LogP contribution >= 0.6 is 0 Å². The molecule has 1 aliphatic rings. The second-order valence-corrected chi connectivity index (χ2v) is 6.01. The molecule has 3 heteroatoms. The van der Waals surface area contributed by atoms with Gasteiger partial charge in [-0.15, -0.1) is 0 Å². The van der Waals surface area contributed by atoms with Crippen LogP contribution in [0.4, 0.5) is 0 Å². The smallest absolute Gasteiger partial charge is 0.326 e. The van der Waals surface area contributed by atoms with Crippen molar-refractivity contribution in [3.8, 4) is 0 Å². The number of rotatable bonds is 5. The molecule has 0 heterocycles. The summed E-state index contributed by atoms with van der Waals surface area (Å²) in [5.41, 5.74) is 5.43. The highest BCUT2D eigenvalue weighted by Gasteiger charge is 2.38. The quantitative estimate of drug-likeness (QED) is 0.595. The lowest BCUT2D eigenvalue weighted by Gasteiger charge is -2.33. The number of hydrogen-bond donors (Lipinski definition) is 1. The second kappa shape index (κ2) is 6.39. The Labute approximate surface area is 105 Å². The number of esters is 1. The normalized spacial score (nSPS) is 29.4. The molecule has 0 unspecified atom stereocenters. The maximum absolute atomic E-state index is 11.9. The third-order valence-corrected chi connectivity index (χ3v) is 3.73. The van der Waals surface area contributed by atoms with Crippen molar-refractivity contribution in [1.82, 2.24) is 0 Å². The van der Waals surface area contributed by atoms with Crippen molar-refractivity contribution in [2.75, 3.05) is 6.61 Å². The minimum Gasteiger partial charge on any atom is -0.464 e. The third-order valence-electron chi connectivity index (χ3n) is 3.73. The van der Waals surface area contributed by atoms with Gasteiger partial charge in [-0.25, -0.2) is 0 Å². The number of hydrogen-bond acceptors (Lipinski definition) is 3. The average molecular weight is 241 g/mol. The lowest BCUT2D eigenvalue weighted by molar-refractivity contribution is -0.152. The van der Waals surface area contributed by atoms with Gasteiger partial charge in [0.05, 0.1) is 6.61 Å². The maximum Gasteiger partial charge on any atom is 0.326 e. The van der Waals surface area contributed by atoms with Crippen molar-refractivity contribution in [2.24, 2.45) is 17.6 Å². The van der Waals surface area contributed by atoms with Gasteiger partial charge in [-0.2, -0.15) is 0 Å². The Morgan fingerprint density at radius 2 is 2.00 bits per heavy atom. The van der Waals surface area contributed by atoms with Gasteiger partial charge in [0.15, 0.2) is 0 Å². The summed E-state index contributed by atoms with van der Waals surface area (Å²) in [5, 5.41) is 0. The van der Waals surface area contributed by atoms with Crippen LogP contribution in [0.1, 0.15) is 59.3 Å². The molecule has 0 aromatic rings. The first-order valence-electron chi connectivity index (χ1n) is 6.90. The minimum atomic E-state index is -0.704. The molecule has 0 amide bonds. The molecule has 0 saturated heterocycles. The topological polar surface area (TPSA) is 52.3 Å². The third kappa shape index (κ3) is 4.66. The number of carbonyl (C=O) groups excluding carboxylic acids is 1. The first-order valence-corrected chi connectivity index (χ1v) is 6.90. The molecule has 0 atom stereocenters. The lowest BCUT2D eigenvalue weighted by atomic mass is 9.78. The number of nitrogens with two attached hydrogens (primary N) is 1. The largest absolute Gasteiger partial charge is 0.464 e.